The zero-order chi connectivity index (χ0) is 23.8. The molecule has 2 aliphatic heterocycles. The summed E-state index contributed by atoms with van der Waals surface area (Å²) in [5, 5.41) is 19.4. The van der Waals surface area contributed by atoms with E-state index in [2.05, 4.69) is 33.3 Å². The lowest BCUT2D eigenvalue weighted by Gasteiger charge is -2.33. The molecule has 1 saturated heterocycles. The van der Waals surface area contributed by atoms with Gasteiger partial charge in [-0.1, -0.05) is 18.2 Å². The molecule has 182 valence electrons. The number of aliphatic hydroxyl groups is 1. The predicted molar refractivity (Wildman–Crippen MR) is 130 cm³/mol. The van der Waals surface area contributed by atoms with Crippen molar-refractivity contribution in [3.63, 3.8) is 0 Å². The third-order valence-corrected chi connectivity index (χ3v) is 6.93. The smallest absolute Gasteiger partial charge is 0.283 e. The highest BCUT2D eigenvalue weighted by Gasteiger charge is 2.24. The monoisotopic (exact) mass is 475 g/mol. The Morgan fingerprint density at radius 1 is 1.11 bits per heavy atom. The van der Waals surface area contributed by atoms with Gasteiger partial charge in [0.05, 0.1) is 12.0 Å². The number of fused-ring (bicyclic) bond motifs is 2. The SMILES string of the molecule is Cc1nnc(-c2cc3c(OC[C@H](O)CN4CCC(c5ccc6c(c5)CCO6)CC4)cccc3o2)o1. The number of likely N-dealkylation sites (tertiary alicyclic amines) is 1. The van der Waals surface area contributed by atoms with Crippen molar-refractivity contribution >= 4 is 11.0 Å². The normalized spacial score (nSPS) is 17.4. The Bertz CT molecular complexity index is 1320. The van der Waals surface area contributed by atoms with Crippen LogP contribution < -0.4 is 9.47 Å². The van der Waals surface area contributed by atoms with E-state index in [1.165, 1.54) is 11.1 Å². The lowest BCUT2D eigenvalue weighted by Crippen LogP contribution is -2.40. The Morgan fingerprint density at radius 2 is 2.00 bits per heavy atom. The van der Waals surface area contributed by atoms with E-state index in [0.717, 1.165) is 50.1 Å². The van der Waals surface area contributed by atoms with Crippen molar-refractivity contribution in [3.05, 3.63) is 59.5 Å². The van der Waals surface area contributed by atoms with Gasteiger partial charge in [-0.25, -0.2) is 0 Å². The Balaban J connectivity index is 1.03. The predicted octanol–water partition coefficient (Wildman–Crippen LogP) is 4.35. The van der Waals surface area contributed by atoms with Crippen LogP contribution in [0.4, 0.5) is 0 Å². The molecule has 2 aromatic heterocycles. The van der Waals surface area contributed by atoms with Crippen molar-refractivity contribution in [2.45, 2.75) is 38.2 Å². The largest absolute Gasteiger partial charge is 0.493 e. The molecule has 0 amide bonds. The van der Waals surface area contributed by atoms with Crippen LogP contribution in [0.1, 0.15) is 35.8 Å². The molecule has 2 aliphatic rings. The number of nitrogens with zero attached hydrogens (tertiary/aromatic N) is 3. The maximum atomic E-state index is 10.7. The molecule has 0 bridgehead atoms. The highest BCUT2D eigenvalue weighted by Crippen LogP contribution is 2.34. The summed E-state index contributed by atoms with van der Waals surface area (Å²) in [6.07, 6.45) is 2.63. The number of aryl methyl sites for hydroxylation is 1. The molecule has 2 aromatic carbocycles. The maximum Gasteiger partial charge on any atom is 0.283 e. The summed E-state index contributed by atoms with van der Waals surface area (Å²) in [6, 6.07) is 14.1. The fraction of sp³-hybridized carbons (Fsp3) is 0.407. The molecule has 0 spiro atoms. The van der Waals surface area contributed by atoms with Crippen LogP contribution >= 0.6 is 0 Å². The fourth-order valence-corrected chi connectivity index (χ4v) is 5.11. The number of aromatic nitrogens is 2. The summed E-state index contributed by atoms with van der Waals surface area (Å²) in [4.78, 5) is 2.33. The summed E-state index contributed by atoms with van der Waals surface area (Å²) in [7, 11) is 0. The molecule has 0 unspecified atom stereocenters. The van der Waals surface area contributed by atoms with Crippen LogP contribution in [-0.4, -0.2) is 59.2 Å². The lowest BCUT2D eigenvalue weighted by atomic mass is 9.88. The van der Waals surface area contributed by atoms with Gasteiger partial charge >= 0.3 is 0 Å². The first-order valence-electron chi connectivity index (χ1n) is 12.2. The van der Waals surface area contributed by atoms with Crippen molar-refractivity contribution in [1.29, 1.82) is 0 Å². The summed E-state index contributed by atoms with van der Waals surface area (Å²) in [5.74, 6) is 3.58. The second-order valence-electron chi connectivity index (χ2n) is 9.41. The van der Waals surface area contributed by atoms with Gasteiger partial charge in [0.1, 0.15) is 29.8 Å². The van der Waals surface area contributed by atoms with Crippen LogP contribution in [0.15, 0.2) is 51.3 Å². The van der Waals surface area contributed by atoms with Crippen molar-refractivity contribution in [3.8, 4) is 23.1 Å². The topological polar surface area (TPSA) is 94.0 Å². The number of furan rings is 1. The number of hydrogen-bond donors (Lipinski definition) is 1. The van der Waals surface area contributed by atoms with Gasteiger partial charge in [0.2, 0.25) is 5.89 Å². The van der Waals surface area contributed by atoms with Crippen LogP contribution in [0, 0.1) is 6.92 Å². The van der Waals surface area contributed by atoms with Gasteiger partial charge in [0, 0.05) is 26.0 Å². The van der Waals surface area contributed by atoms with Gasteiger partial charge in [-0.05, 0) is 61.2 Å². The van der Waals surface area contributed by atoms with E-state index in [1.807, 2.05) is 24.3 Å². The molecular formula is C27H29N3O5. The summed E-state index contributed by atoms with van der Waals surface area (Å²) < 4.78 is 23.0. The number of aliphatic hydroxyl groups excluding tert-OH is 1. The molecule has 0 radical (unpaired) electrons. The zero-order valence-corrected chi connectivity index (χ0v) is 19.8. The van der Waals surface area contributed by atoms with Gasteiger partial charge < -0.3 is 28.3 Å². The van der Waals surface area contributed by atoms with Gasteiger partial charge in [-0.15, -0.1) is 10.2 Å². The van der Waals surface area contributed by atoms with Crippen molar-refractivity contribution in [2.24, 2.45) is 0 Å². The van der Waals surface area contributed by atoms with Crippen LogP contribution in [0.5, 0.6) is 11.5 Å². The fourth-order valence-electron chi connectivity index (χ4n) is 5.11. The number of β-amino-alcohol motifs (C(OH)–C–C–N with tert-alkyl or cyclic N) is 1. The van der Waals surface area contributed by atoms with Crippen LogP contribution in [0.25, 0.3) is 22.6 Å². The number of ether oxygens (including phenoxy) is 2. The van der Waals surface area contributed by atoms with Crippen molar-refractivity contribution < 1.29 is 23.4 Å². The maximum absolute atomic E-state index is 10.7. The third kappa shape index (κ3) is 4.63. The first kappa shape index (κ1) is 22.1. The Hall–Kier alpha value is -3.36. The van der Waals surface area contributed by atoms with Crippen molar-refractivity contribution in [2.75, 3.05) is 32.8 Å². The Kier molecular flexibility index (Phi) is 5.91. The molecular weight excluding hydrogens is 446 g/mol. The molecule has 4 heterocycles. The molecule has 0 aliphatic carbocycles. The summed E-state index contributed by atoms with van der Waals surface area (Å²) in [5.41, 5.74) is 3.42. The van der Waals surface area contributed by atoms with E-state index >= 15 is 0 Å². The van der Waals surface area contributed by atoms with Crippen LogP contribution in [-0.2, 0) is 6.42 Å². The summed E-state index contributed by atoms with van der Waals surface area (Å²) >= 11 is 0. The van der Waals surface area contributed by atoms with E-state index in [4.69, 9.17) is 18.3 Å². The molecule has 0 saturated carbocycles. The molecule has 4 aromatic rings. The molecule has 1 atom stereocenters. The van der Waals surface area contributed by atoms with Gasteiger partial charge in [-0.3, -0.25) is 0 Å². The number of rotatable bonds is 7. The first-order chi connectivity index (χ1) is 17.1. The highest BCUT2D eigenvalue weighted by molar-refractivity contribution is 5.87. The standard InChI is InChI=1S/C27H29N3O5/c1-17-28-29-27(34-17)26-14-22-24(3-2-4-25(22)35-26)33-16-21(31)15-30-10-7-18(8-11-30)19-5-6-23-20(13-19)9-12-32-23/h2-6,13-14,18,21,31H,7-12,15-16H2,1H3/t21-/m1/s1. The van der Waals surface area contributed by atoms with E-state index in [-0.39, 0.29) is 6.61 Å². The van der Waals surface area contributed by atoms with E-state index in [9.17, 15) is 5.11 Å². The average Bonchev–Trinajstić information content (AvgIpc) is 3.62. The van der Waals surface area contributed by atoms with Gasteiger partial charge in [0.15, 0.2) is 5.76 Å². The lowest BCUT2D eigenvalue weighted by molar-refractivity contribution is 0.0599. The van der Waals surface area contributed by atoms with Crippen molar-refractivity contribution in [1.82, 2.24) is 15.1 Å². The number of benzene rings is 2. The number of hydrogen-bond acceptors (Lipinski definition) is 8. The first-order valence-corrected chi connectivity index (χ1v) is 12.2. The quantitative estimate of drug-likeness (QED) is 0.422. The molecule has 1 fully saturated rings. The second-order valence-corrected chi connectivity index (χ2v) is 9.41. The molecule has 6 rings (SSSR count). The molecule has 1 N–H and O–H groups in total. The number of piperidine rings is 1. The summed E-state index contributed by atoms with van der Waals surface area (Å²) in [6.45, 7) is 5.29. The van der Waals surface area contributed by atoms with E-state index in [0.29, 0.717) is 41.3 Å². The minimum absolute atomic E-state index is 0.212. The van der Waals surface area contributed by atoms with Crippen LogP contribution in [0.2, 0.25) is 0 Å². The minimum Gasteiger partial charge on any atom is -0.493 e. The van der Waals surface area contributed by atoms with E-state index < -0.39 is 6.10 Å². The van der Waals surface area contributed by atoms with Crippen LogP contribution in [0.3, 0.4) is 0 Å². The third-order valence-electron chi connectivity index (χ3n) is 6.93. The van der Waals surface area contributed by atoms with E-state index in [1.54, 1.807) is 6.92 Å². The van der Waals surface area contributed by atoms with Gasteiger partial charge in [0.25, 0.3) is 5.89 Å². The zero-order valence-electron chi connectivity index (χ0n) is 19.8. The second kappa shape index (κ2) is 9.36. The average molecular weight is 476 g/mol. The highest BCUT2D eigenvalue weighted by atomic mass is 16.5. The van der Waals surface area contributed by atoms with Gasteiger partial charge in [-0.2, -0.15) is 0 Å². The Labute approximate surface area is 203 Å². The molecule has 8 heteroatoms. The molecule has 8 nitrogen and oxygen atoms in total. The minimum atomic E-state index is -0.580. The molecule has 35 heavy (non-hydrogen) atoms. The Morgan fingerprint density at radius 3 is 2.83 bits per heavy atom.